The van der Waals surface area contributed by atoms with Gasteiger partial charge in [0.05, 0.1) is 25.4 Å². The highest BCUT2D eigenvalue weighted by atomic mass is 16.7. The molecule has 1 heterocycles. The lowest BCUT2D eigenvalue weighted by Crippen LogP contribution is -2.60. The Morgan fingerprint density at radius 1 is 0.469 bits per heavy atom. The molecule has 1 amide bonds. The lowest BCUT2D eigenvalue weighted by Gasteiger charge is -2.40. The normalized spacial score (nSPS) is 19.9. The Labute approximate surface area is 395 Å². The van der Waals surface area contributed by atoms with E-state index in [9.17, 15) is 30.3 Å². The van der Waals surface area contributed by atoms with Crippen LogP contribution in [-0.2, 0) is 14.3 Å². The van der Waals surface area contributed by atoms with E-state index in [4.69, 9.17) is 9.47 Å². The van der Waals surface area contributed by atoms with Crippen molar-refractivity contribution in [1.29, 1.82) is 0 Å². The largest absolute Gasteiger partial charge is 0.394 e. The lowest BCUT2D eigenvalue weighted by atomic mass is 9.99. The molecule has 0 radical (unpaired) electrons. The smallest absolute Gasteiger partial charge is 0.220 e. The summed E-state index contributed by atoms with van der Waals surface area (Å²) in [6.45, 7) is 3.81. The van der Waals surface area contributed by atoms with Crippen molar-refractivity contribution in [3.63, 3.8) is 0 Å². The number of unbranched alkanes of at least 4 members (excludes halogenated alkanes) is 39. The number of carbonyl (C=O) groups is 1. The van der Waals surface area contributed by atoms with Gasteiger partial charge in [-0.05, 0) is 12.8 Å². The topological polar surface area (TPSA) is 149 Å². The highest BCUT2D eigenvalue weighted by molar-refractivity contribution is 5.76. The second kappa shape index (κ2) is 45.9. The standard InChI is InChI=1S/C55H109NO8/c1-3-5-7-9-11-12-13-14-15-16-17-18-19-20-21-22-23-24-25-26-27-28-29-30-31-32-33-34-35-36-37-39-41-43-45-51(59)56-48(49(58)44-42-40-38-10-8-6-4-2)47-63-55-54(62)53(61)52(60)50(46-57)64-55/h48-50,52-55,57-58,60-62H,3-47H2,1-2H3,(H,56,59). The molecule has 1 fully saturated rings. The van der Waals surface area contributed by atoms with E-state index < -0.39 is 49.5 Å². The Bertz CT molecular complexity index is 970. The van der Waals surface area contributed by atoms with Crippen LogP contribution in [0.4, 0.5) is 0 Å². The zero-order valence-corrected chi connectivity index (χ0v) is 42.3. The average Bonchev–Trinajstić information content (AvgIpc) is 3.29. The molecule has 6 N–H and O–H groups in total. The molecule has 0 aromatic heterocycles. The monoisotopic (exact) mass is 912 g/mol. The molecule has 9 heteroatoms. The van der Waals surface area contributed by atoms with Crippen LogP contribution >= 0.6 is 0 Å². The molecule has 64 heavy (non-hydrogen) atoms. The summed E-state index contributed by atoms with van der Waals surface area (Å²) in [7, 11) is 0. The summed E-state index contributed by atoms with van der Waals surface area (Å²) in [4.78, 5) is 13.0. The third-order valence-corrected chi connectivity index (χ3v) is 14.0. The third kappa shape index (κ3) is 35.3. The van der Waals surface area contributed by atoms with Gasteiger partial charge in [0.1, 0.15) is 24.4 Å². The first kappa shape index (κ1) is 61.2. The summed E-state index contributed by atoms with van der Waals surface area (Å²) in [5.74, 6) is -0.142. The van der Waals surface area contributed by atoms with Gasteiger partial charge < -0.3 is 40.3 Å². The minimum Gasteiger partial charge on any atom is -0.394 e. The highest BCUT2D eigenvalue weighted by Crippen LogP contribution is 2.23. The van der Waals surface area contributed by atoms with E-state index in [0.29, 0.717) is 12.8 Å². The van der Waals surface area contributed by atoms with Crippen LogP contribution in [0.25, 0.3) is 0 Å². The van der Waals surface area contributed by atoms with Crippen molar-refractivity contribution in [2.45, 2.75) is 333 Å². The SMILES string of the molecule is CCCCCCCCCCCCCCCCCCCCCCCCCCCCCCCCCCCCC(=O)NC(COC1OC(CO)C(O)C(O)C1O)C(O)CCCCCCCCC. The lowest BCUT2D eigenvalue weighted by molar-refractivity contribution is -0.302. The molecule has 1 rings (SSSR count). The van der Waals surface area contributed by atoms with E-state index in [0.717, 1.165) is 38.5 Å². The molecule has 0 aromatic rings. The second-order valence-electron chi connectivity index (χ2n) is 20.1. The molecule has 0 saturated carbocycles. The molecular formula is C55H109NO8. The molecule has 1 aliphatic rings. The Morgan fingerprint density at radius 2 is 0.781 bits per heavy atom. The van der Waals surface area contributed by atoms with Crippen molar-refractivity contribution in [3.8, 4) is 0 Å². The van der Waals surface area contributed by atoms with Crippen LogP contribution < -0.4 is 5.32 Å². The van der Waals surface area contributed by atoms with Gasteiger partial charge in [-0.15, -0.1) is 0 Å². The predicted octanol–water partition coefficient (Wildman–Crippen LogP) is 13.5. The van der Waals surface area contributed by atoms with Crippen LogP contribution in [0.1, 0.15) is 290 Å². The molecule has 1 saturated heterocycles. The number of aliphatic hydroxyl groups is 5. The maximum atomic E-state index is 13.0. The summed E-state index contributed by atoms with van der Waals surface area (Å²) >= 11 is 0. The molecule has 7 atom stereocenters. The molecule has 0 aliphatic carbocycles. The zero-order chi connectivity index (χ0) is 46.6. The number of ether oxygens (including phenoxy) is 2. The Balaban J connectivity index is 1.98. The van der Waals surface area contributed by atoms with Gasteiger partial charge in [0.15, 0.2) is 6.29 Å². The van der Waals surface area contributed by atoms with Crippen molar-refractivity contribution in [1.82, 2.24) is 5.32 Å². The molecule has 7 unspecified atom stereocenters. The molecule has 0 spiro atoms. The number of aliphatic hydroxyl groups excluding tert-OH is 5. The first-order valence-corrected chi connectivity index (χ1v) is 28.2. The Kier molecular flexibility index (Phi) is 43.9. The molecule has 9 nitrogen and oxygen atoms in total. The number of hydrogen-bond donors (Lipinski definition) is 6. The fourth-order valence-corrected chi connectivity index (χ4v) is 9.46. The van der Waals surface area contributed by atoms with Gasteiger partial charge >= 0.3 is 0 Å². The van der Waals surface area contributed by atoms with Crippen LogP contribution in [0.3, 0.4) is 0 Å². The van der Waals surface area contributed by atoms with E-state index >= 15 is 0 Å². The van der Waals surface area contributed by atoms with Gasteiger partial charge in [-0.2, -0.15) is 0 Å². The first-order valence-electron chi connectivity index (χ1n) is 28.2. The molecule has 0 aromatic carbocycles. The zero-order valence-electron chi connectivity index (χ0n) is 42.3. The van der Waals surface area contributed by atoms with Gasteiger partial charge in [0.2, 0.25) is 5.91 Å². The summed E-state index contributed by atoms with van der Waals surface area (Å²) in [5.41, 5.74) is 0. The number of amides is 1. The highest BCUT2D eigenvalue weighted by Gasteiger charge is 2.44. The van der Waals surface area contributed by atoms with Crippen LogP contribution in [0.15, 0.2) is 0 Å². The van der Waals surface area contributed by atoms with Gasteiger partial charge in [0, 0.05) is 6.42 Å². The molecular weight excluding hydrogens is 803 g/mol. The van der Waals surface area contributed by atoms with Crippen LogP contribution in [0.5, 0.6) is 0 Å². The average molecular weight is 912 g/mol. The van der Waals surface area contributed by atoms with E-state index in [1.165, 1.54) is 225 Å². The van der Waals surface area contributed by atoms with Gasteiger partial charge in [-0.3, -0.25) is 4.79 Å². The van der Waals surface area contributed by atoms with Crippen LogP contribution in [0.2, 0.25) is 0 Å². The number of nitrogens with one attached hydrogen (secondary N) is 1. The van der Waals surface area contributed by atoms with E-state index in [-0.39, 0.29) is 12.5 Å². The quantitative estimate of drug-likeness (QED) is 0.0331. The minimum atomic E-state index is -1.55. The van der Waals surface area contributed by atoms with Crippen molar-refractivity contribution in [2.24, 2.45) is 0 Å². The van der Waals surface area contributed by atoms with Crippen LogP contribution in [-0.4, -0.2) is 87.5 Å². The maximum Gasteiger partial charge on any atom is 0.220 e. The van der Waals surface area contributed by atoms with Crippen molar-refractivity contribution >= 4 is 5.91 Å². The number of rotatable bonds is 49. The van der Waals surface area contributed by atoms with Gasteiger partial charge in [-0.1, -0.05) is 271 Å². The summed E-state index contributed by atoms with van der Waals surface area (Å²) in [6, 6.07) is -0.710. The number of hydrogen-bond acceptors (Lipinski definition) is 8. The van der Waals surface area contributed by atoms with Crippen LogP contribution in [0, 0.1) is 0 Å². The Morgan fingerprint density at radius 3 is 1.11 bits per heavy atom. The third-order valence-electron chi connectivity index (χ3n) is 14.0. The molecule has 0 bridgehead atoms. The fraction of sp³-hybridized carbons (Fsp3) is 0.982. The van der Waals surface area contributed by atoms with Crippen molar-refractivity contribution in [3.05, 3.63) is 0 Å². The summed E-state index contributed by atoms with van der Waals surface area (Å²) in [5, 5.41) is 54.2. The predicted molar refractivity (Wildman–Crippen MR) is 268 cm³/mol. The van der Waals surface area contributed by atoms with Crippen molar-refractivity contribution < 1.29 is 39.8 Å². The maximum absolute atomic E-state index is 13.0. The van der Waals surface area contributed by atoms with Crippen molar-refractivity contribution in [2.75, 3.05) is 13.2 Å². The summed E-state index contributed by atoms with van der Waals surface area (Å²) in [6.07, 6.45) is 47.7. The van der Waals surface area contributed by atoms with Gasteiger partial charge in [0.25, 0.3) is 0 Å². The first-order chi connectivity index (χ1) is 31.3. The summed E-state index contributed by atoms with van der Waals surface area (Å²) < 4.78 is 11.2. The molecule has 1 aliphatic heterocycles. The fourth-order valence-electron chi connectivity index (χ4n) is 9.46. The minimum absolute atomic E-state index is 0.133. The van der Waals surface area contributed by atoms with Gasteiger partial charge in [-0.25, -0.2) is 0 Å². The van der Waals surface area contributed by atoms with E-state index in [1.54, 1.807) is 0 Å². The Hall–Kier alpha value is -0.810. The van der Waals surface area contributed by atoms with E-state index in [1.807, 2.05) is 0 Å². The van der Waals surface area contributed by atoms with E-state index in [2.05, 4.69) is 19.2 Å². The number of carbonyl (C=O) groups excluding carboxylic acids is 1. The molecule has 382 valence electrons. The second-order valence-corrected chi connectivity index (χ2v) is 20.1.